The molecule has 0 bridgehead atoms. The lowest BCUT2D eigenvalue weighted by atomic mass is 10.0. The molecular weight excluding hydrogens is 312 g/mol. The lowest BCUT2D eigenvalue weighted by Crippen LogP contribution is -2.21. The normalized spacial score (nSPS) is 15.6. The Hall–Kier alpha value is -2.32. The highest BCUT2D eigenvalue weighted by atomic mass is 32.1. The van der Waals surface area contributed by atoms with E-state index in [4.69, 9.17) is 9.72 Å². The van der Waals surface area contributed by atoms with E-state index in [0.717, 1.165) is 32.7 Å². The summed E-state index contributed by atoms with van der Waals surface area (Å²) in [5.74, 6) is 0.544. The number of hydrogen-bond donors (Lipinski definition) is 2. The number of nitrogens with zero attached hydrogens (tertiary/aromatic N) is 4. The molecule has 0 atom stereocenters. The van der Waals surface area contributed by atoms with Gasteiger partial charge in [-0.2, -0.15) is 5.10 Å². The molecule has 4 heterocycles. The van der Waals surface area contributed by atoms with Gasteiger partial charge in [-0.05, 0) is 26.8 Å². The summed E-state index contributed by atoms with van der Waals surface area (Å²) in [6.07, 6.45) is 3.60. The van der Waals surface area contributed by atoms with Crippen molar-refractivity contribution < 1.29 is 4.74 Å². The zero-order chi connectivity index (χ0) is 16.0. The minimum Gasteiger partial charge on any atom is -0.364 e. The molecule has 8 heteroatoms. The van der Waals surface area contributed by atoms with E-state index in [1.807, 2.05) is 33.0 Å². The third-order valence-electron chi connectivity index (χ3n) is 3.74. The zero-order valence-electron chi connectivity index (χ0n) is 13.0. The van der Waals surface area contributed by atoms with Gasteiger partial charge in [0.25, 0.3) is 0 Å². The molecule has 0 spiro atoms. The van der Waals surface area contributed by atoms with Crippen LogP contribution in [0, 0.1) is 6.92 Å². The number of hydrogen-bond acceptors (Lipinski definition) is 7. The standard InChI is InChI=1S/C15H16N6OS/c1-8-4-5-16-13(18-8)20-14-19-11-9-6-17-21-12(9)15(2,3)22-7-10(11)23-14/h4-6H,7H2,1-3H3,(H,17,21)(H,16,18,19,20). The van der Waals surface area contributed by atoms with Crippen LogP contribution in [-0.2, 0) is 16.9 Å². The van der Waals surface area contributed by atoms with Crippen LogP contribution in [0.4, 0.5) is 11.1 Å². The number of nitrogens with one attached hydrogen (secondary N) is 2. The van der Waals surface area contributed by atoms with Gasteiger partial charge in [0, 0.05) is 23.7 Å². The van der Waals surface area contributed by atoms with Crippen LogP contribution in [-0.4, -0.2) is 25.1 Å². The second-order valence-corrected chi connectivity index (χ2v) is 6.97. The summed E-state index contributed by atoms with van der Waals surface area (Å²) < 4.78 is 6.01. The van der Waals surface area contributed by atoms with Crippen molar-refractivity contribution in [1.82, 2.24) is 25.1 Å². The SMILES string of the molecule is Cc1ccnc(Nc2nc3c(s2)COC(C)(C)c2n[nH]cc2-3)n1. The Morgan fingerprint density at radius 2 is 2.22 bits per heavy atom. The van der Waals surface area contributed by atoms with E-state index < -0.39 is 5.60 Å². The van der Waals surface area contributed by atoms with E-state index in [0.29, 0.717) is 12.6 Å². The Balaban J connectivity index is 1.73. The van der Waals surface area contributed by atoms with E-state index >= 15 is 0 Å². The monoisotopic (exact) mass is 328 g/mol. The summed E-state index contributed by atoms with van der Waals surface area (Å²) in [6.45, 7) is 6.47. The number of anilines is 2. The van der Waals surface area contributed by atoms with Gasteiger partial charge in [0.05, 0.1) is 17.2 Å². The molecule has 1 aliphatic rings. The quantitative estimate of drug-likeness (QED) is 0.751. The maximum absolute atomic E-state index is 6.01. The van der Waals surface area contributed by atoms with E-state index in [1.54, 1.807) is 17.5 Å². The summed E-state index contributed by atoms with van der Waals surface area (Å²) in [5.41, 5.74) is 3.22. The molecule has 1 aliphatic heterocycles. The fourth-order valence-electron chi connectivity index (χ4n) is 2.56. The number of aryl methyl sites for hydroxylation is 1. The molecule has 0 unspecified atom stereocenters. The third kappa shape index (κ3) is 2.49. The summed E-state index contributed by atoms with van der Waals surface area (Å²) in [7, 11) is 0. The number of thiazole rings is 1. The Morgan fingerprint density at radius 1 is 1.35 bits per heavy atom. The van der Waals surface area contributed by atoms with Crippen molar-refractivity contribution in [3.63, 3.8) is 0 Å². The van der Waals surface area contributed by atoms with Crippen molar-refractivity contribution in [3.8, 4) is 11.3 Å². The molecule has 4 rings (SSSR count). The van der Waals surface area contributed by atoms with Crippen LogP contribution in [0.15, 0.2) is 18.5 Å². The number of aromatic amines is 1. The lowest BCUT2D eigenvalue weighted by Gasteiger charge is -2.21. The predicted molar refractivity (Wildman–Crippen MR) is 87.6 cm³/mol. The van der Waals surface area contributed by atoms with Crippen LogP contribution in [0.1, 0.15) is 30.1 Å². The van der Waals surface area contributed by atoms with Crippen LogP contribution in [0.2, 0.25) is 0 Å². The summed E-state index contributed by atoms with van der Waals surface area (Å²) in [4.78, 5) is 14.3. The molecule has 23 heavy (non-hydrogen) atoms. The molecule has 0 amide bonds. The first-order valence-electron chi connectivity index (χ1n) is 7.28. The molecule has 2 N–H and O–H groups in total. The lowest BCUT2D eigenvalue weighted by molar-refractivity contribution is -0.0333. The molecule has 118 valence electrons. The van der Waals surface area contributed by atoms with Crippen molar-refractivity contribution in [3.05, 3.63) is 34.7 Å². The van der Waals surface area contributed by atoms with Gasteiger partial charge >= 0.3 is 0 Å². The van der Waals surface area contributed by atoms with Crippen molar-refractivity contribution >= 4 is 22.4 Å². The van der Waals surface area contributed by atoms with Crippen molar-refractivity contribution in [2.45, 2.75) is 33.0 Å². The number of H-pyrrole nitrogens is 1. The average molecular weight is 328 g/mol. The van der Waals surface area contributed by atoms with E-state index in [-0.39, 0.29) is 0 Å². The van der Waals surface area contributed by atoms with Crippen molar-refractivity contribution in [1.29, 1.82) is 0 Å². The number of aromatic nitrogens is 5. The fraction of sp³-hybridized carbons (Fsp3) is 0.333. The minimum absolute atomic E-state index is 0.441. The van der Waals surface area contributed by atoms with E-state index in [9.17, 15) is 0 Å². The molecule has 0 radical (unpaired) electrons. The molecule has 7 nitrogen and oxygen atoms in total. The van der Waals surface area contributed by atoms with Gasteiger partial charge in [-0.15, -0.1) is 0 Å². The largest absolute Gasteiger partial charge is 0.364 e. The van der Waals surface area contributed by atoms with Crippen LogP contribution >= 0.6 is 11.3 Å². The molecule has 0 aromatic carbocycles. The second kappa shape index (κ2) is 5.10. The zero-order valence-corrected chi connectivity index (χ0v) is 13.9. The highest BCUT2D eigenvalue weighted by Crippen LogP contribution is 2.41. The van der Waals surface area contributed by atoms with Crippen molar-refractivity contribution in [2.75, 3.05) is 5.32 Å². The molecule has 0 aliphatic carbocycles. The molecule has 0 fully saturated rings. The summed E-state index contributed by atoms with van der Waals surface area (Å²) in [5, 5.41) is 11.2. The summed E-state index contributed by atoms with van der Waals surface area (Å²) >= 11 is 1.55. The van der Waals surface area contributed by atoms with Gasteiger partial charge in [-0.25, -0.2) is 15.0 Å². The molecular formula is C15H16N6OS. The van der Waals surface area contributed by atoms with Gasteiger partial charge in [-0.3, -0.25) is 5.10 Å². The first kappa shape index (κ1) is 14.3. The first-order valence-corrected chi connectivity index (χ1v) is 8.09. The number of fused-ring (bicyclic) bond motifs is 3. The Labute approximate surface area is 137 Å². The van der Waals surface area contributed by atoms with E-state index in [2.05, 4.69) is 25.5 Å². The Bertz CT molecular complexity index is 868. The fourth-order valence-corrected chi connectivity index (χ4v) is 3.44. The average Bonchev–Trinajstić information content (AvgIpc) is 3.10. The van der Waals surface area contributed by atoms with Gasteiger partial charge < -0.3 is 10.1 Å². The molecule has 3 aromatic heterocycles. The smallest absolute Gasteiger partial charge is 0.229 e. The molecule has 0 saturated heterocycles. The van der Waals surface area contributed by atoms with Crippen molar-refractivity contribution in [2.24, 2.45) is 0 Å². The maximum Gasteiger partial charge on any atom is 0.229 e. The number of rotatable bonds is 2. The van der Waals surface area contributed by atoms with Crippen LogP contribution in [0.25, 0.3) is 11.3 Å². The maximum atomic E-state index is 6.01. The highest BCUT2D eigenvalue weighted by molar-refractivity contribution is 7.16. The van der Waals surface area contributed by atoms with Crippen LogP contribution in [0.5, 0.6) is 0 Å². The van der Waals surface area contributed by atoms with Crippen LogP contribution in [0.3, 0.4) is 0 Å². The van der Waals surface area contributed by atoms with Gasteiger partial charge in [0.2, 0.25) is 5.95 Å². The predicted octanol–water partition coefficient (Wildman–Crippen LogP) is 3.14. The van der Waals surface area contributed by atoms with E-state index in [1.165, 1.54) is 0 Å². The third-order valence-corrected chi connectivity index (χ3v) is 4.69. The summed E-state index contributed by atoms with van der Waals surface area (Å²) in [6, 6.07) is 1.86. The Kier molecular flexibility index (Phi) is 3.17. The van der Waals surface area contributed by atoms with Crippen LogP contribution < -0.4 is 5.32 Å². The molecule has 3 aromatic rings. The number of ether oxygens (including phenoxy) is 1. The minimum atomic E-state index is -0.441. The second-order valence-electron chi connectivity index (χ2n) is 5.88. The van der Waals surface area contributed by atoms with Gasteiger partial charge in [-0.1, -0.05) is 11.3 Å². The highest BCUT2D eigenvalue weighted by Gasteiger charge is 2.33. The Morgan fingerprint density at radius 3 is 3.04 bits per heavy atom. The van der Waals surface area contributed by atoms with Gasteiger partial charge in [0.1, 0.15) is 11.3 Å². The first-order chi connectivity index (χ1) is 11.0. The van der Waals surface area contributed by atoms with Gasteiger partial charge in [0.15, 0.2) is 5.13 Å². The molecule has 0 saturated carbocycles. The topological polar surface area (TPSA) is 88.6 Å².